The van der Waals surface area contributed by atoms with Crippen LogP contribution in [0.1, 0.15) is 24.2 Å². The van der Waals surface area contributed by atoms with Gasteiger partial charge in [-0.1, -0.05) is 0 Å². The SMILES string of the molecule is CCOC(=O)[C@@H]1[C@@H](c2occc2C)C1(F)F. The predicted octanol–water partition coefficient (Wildman–Crippen LogP) is 2.50. The Morgan fingerprint density at radius 3 is 2.81 bits per heavy atom. The summed E-state index contributed by atoms with van der Waals surface area (Å²) in [4.78, 5) is 11.3. The minimum Gasteiger partial charge on any atom is -0.469 e. The first-order valence-corrected chi connectivity index (χ1v) is 5.08. The molecule has 0 N–H and O–H groups in total. The lowest BCUT2D eigenvalue weighted by molar-refractivity contribution is -0.147. The van der Waals surface area contributed by atoms with Gasteiger partial charge in [0.15, 0.2) is 0 Å². The van der Waals surface area contributed by atoms with E-state index >= 15 is 0 Å². The Morgan fingerprint density at radius 2 is 2.31 bits per heavy atom. The zero-order valence-corrected chi connectivity index (χ0v) is 9.00. The Bertz CT molecular complexity index is 411. The second-order valence-electron chi connectivity index (χ2n) is 3.85. The standard InChI is InChI=1S/C11H12F2O3/c1-3-15-10(14)8-7(11(8,12)13)9-6(2)4-5-16-9/h4-5,7-8H,3H2,1-2H3/t7-,8-/m0/s1. The van der Waals surface area contributed by atoms with E-state index < -0.39 is 23.7 Å². The molecule has 2 rings (SSSR count). The Hall–Kier alpha value is -1.39. The molecule has 0 radical (unpaired) electrons. The van der Waals surface area contributed by atoms with Crippen LogP contribution in [0.5, 0.6) is 0 Å². The summed E-state index contributed by atoms with van der Waals surface area (Å²) in [5, 5.41) is 0. The third-order valence-electron chi connectivity index (χ3n) is 2.78. The first kappa shape index (κ1) is 11.1. The number of carbonyl (C=O) groups is 1. The molecule has 1 heterocycles. The molecule has 0 saturated heterocycles. The smallest absolute Gasteiger partial charge is 0.316 e. The van der Waals surface area contributed by atoms with Gasteiger partial charge in [-0.25, -0.2) is 8.78 Å². The number of hydrogen-bond donors (Lipinski definition) is 0. The van der Waals surface area contributed by atoms with Crippen molar-refractivity contribution in [1.82, 2.24) is 0 Å². The molecule has 1 aliphatic rings. The highest BCUT2D eigenvalue weighted by atomic mass is 19.3. The third kappa shape index (κ3) is 1.50. The summed E-state index contributed by atoms with van der Waals surface area (Å²) in [5.41, 5.74) is 0.636. The van der Waals surface area contributed by atoms with Gasteiger partial charge in [0.2, 0.25) is 0 Å². The van der Waals surface area contributed by atoms with Gasteiger partial charge in [0.05, 0.1) is 12.9 Å². The van der Waals surface area contributed by atoms with E-state index in [1.807, 2.05) is 0 Å². The fourth-order valence-electron chi connectivity index (χ4n) is 1.88. The van der Waals surface area contributed by atoms with Crippen molar-refractivity contribution in [2.45, 2.75) is 25.7 Å². The molecule has 1 fully saturated rings. The maximum absolute atomic E-state index is 13.4. The molecular formula is C11H12F2O3. The summed E-state index contributed by atoms with van der Waals surface area (Å²) < 4.78 is 36.4. The van der Waals surface area contributed by atoms with Crippen molar-refractivity contribution >= 4 is 5.97 Å². The average molecular weight is 230 g/mol. The fourth-order valence-corrected chi connectivity index (χ4v) is 1.88. The van der Waals surface area contributed by atoms with Crippen molar-refractivity contribution in [2.75, 3.05) is 6.61 Å². The van der Waals surface area contributed by atoms with Crippen molar-refractivity contribution in [1.29, 1.82) is 0 Å². The summed E-state index contributed by atoms with van der Waals surface area (Å²) in [5.74, 6) is -6.27. The van der Waals surface area contributed by atoms with E-state index in [9.17, 15) is 13.6 Å². The van der Waals surface area contributed by atoms with Gasteiger partial charge >= 0.3 is 5.97 Å². The third-order valence-corrected chi connectivity index (χ3v) is 2.78. The Kier molecular flexibility index (Phi) is 2.48. The number of halogens is 2. The Morgan fingerprint density at radius 1 is 1.62 bits per heavy atom. The number of esters is 1. The van der Waals surface area contributed by atoms with E-state index in [4.69, 9.17) is 4.42 Å². The number of carbonyl (C=O) groups excluding carboxylic acids is 1. The summed E-state index contributed by atoms with van der Waals surface area (Å²) >= 11 is 0. The molecule has 1 aromatic heterocycles. The maximum Gasteiger partial charge on any atom is 0.316 e. The summed E-state index contributed by atoms with van der Waals surface area (Å²) in [6, 6.07) is 1.60. The van der Waals surface area contributed by atoms with Crippen LogP contribution in [-0.2, 0) is 9.53 Å². The molecule has 16 heavy (non-hydrogen) atoms. The summed E-state index contributed by atoms with van der Waals surface area (Å²) in [6.45, 7) is 3.37. The van der Waals surface area contributed by atoms with Gasteiger partial charge in [0, 0.05) is 0 Å². The molecule has 5 heteroatoms. The highest BCUT2D eigenvalue weighted by Gasteiger charge is 2.75. The van der Waals surface area contributed by atoms with Gasteiger partial charge in [0.1, 0.15) is 17.6 Å². The second-order valence-corrected chi connectivity index (χ2v) is 3.85. The largest absolute Gasteiger partial charge is 0.469 e. The Balaban J connectivity index is 2.20. The monoisotopic (exact) mass is 230 g/mol. The quantitative estimate of drug-likeness (QED) is 0.749. The molecule has 88 valence electrons. The average Bonchev–Trinajstić information content (AvgIpc) is 2.54. The van der Waals surface area contributed by atoms with Crippen LogP contribution in [0.2, 0.25) is 0 Å². The molecule has 1 saturated carbocycles. The highest BCUT2D eigenvalue weighted by Crippen LogP contribution is 2.62. The molecule has 2 atom stereocenters. The van der Waals surface area contributed by atoms with Crippen LogP contribution in [0.15, 0.2) is 16.7 Å². The number of rotatable bonds is 3. The van der Waals surface area contributed by atoms with Gasteiger partial charge in [0.25, 0.3) is 5.92 Å². The molecule has 0 aromatic carbocycles. The van der Waals surface area contributed by atoms with Crippen molar-refractivity contribution in [3.8, 4) is 0 Å². The first-order chi connectivity index (χ1) is 7.50. The van der Waals surface area contributed by atoms with Crippen molar-refractivity contribution in [2.24, 2.45) is 5.92 Å². The first-order valence-electron chi connectivity index (χ1n) is 5.08. The predicted molar refractivity (Wildman–Crippen MR) is 51.3 cm³/mol. The molecule has 0 amide bonds. The van der Waals surface area contributed by atoms with Crippen LogP contribution in [0.3, 0.4) is 0 Å². The van der Waals surface area contributed by atoms with Crippen molar-refractivity contribution < 1.29 is 22.7 Å². The molecule has 0 unspecified atom stereocenters. The minimum absolute atomic E-state index is 0.106. The molecule has 1 aromatic rings. The van der Waals surface area contributed by atoms with E-state index in [-0.39, 0.29) is 12.4 Å². The van der Waals surface area contributed by atoms with Gasteiger partial charge in [-0.3, -0.25) is 4.79 Å². The van der Waals surface area contributed by atoms with Gasteiger partial charge in [-0.2, -0.15) is 0 Å². The summed E-state index contributed by atoms with van der Waals surface area (Å²) in [7, 11) is 0. The molecule has 0 bridgehead atoms. The lowest BCUT2D eigenvalue weighted by Crippen LogP contribution is -2.11. The van der Waals surface area contributed by atoms with Crippen LogP contribution in [0.25, 0.3) is 0 Å². The molecule has 1 aliphatic carbocycles. The van der Waals surface area contributed by atoms with E-state index in [0.29, 0.717) is 5.56 Å². The maximum atomic E-state index is 13.4. The normalized spacial score (nSPS) is 26.5. The zero-order chi connectivity index (χ0) is 11.9. The van der Waals surface area contributed by atoms with E-state index in [1.54, 1.807) is 19.9 Å². The number of hydrogen-bond acceptors (Lipinski definition) is 3. The number of alkyl halides is 2. The number of ether oxygens (including phenoxy) is 1. The van der Waals surface area contributed by atoms with Gasteiger partial charge in [-0.05, 0) is 25.5 Å². The molecule has 0 spiro atoms. The zero-order valence-electron chi connectivity index (χ0n) is 9.00. The van der Waals surface area contributed by atoms with E-state index in [2.05, 4.69) is 4.74 Å². The van der Waals surface area contributed by atoms with Crippen LogP contribution in [-0.4, -0.2) is 18.5 Å². The van der Waals surface area contributed by atoms with Gasteiger partial charge < -0.3 is 9.15 Å². The van der Waals surface area contributed by atoms with E-state index in [0.717, 1.165) is 0 Å². The van der Waals surface area contributed by atoms with Crippen LogP contribution < -0.4 is 0 Å². The second kappa shape index (κ2) is 3.57. The lowest BCUT2D eigenvalue weighted by atomic mass is 10.2. The molecule has 3 nitrogen and oxygen atoms in total. The number of aryl methyl sites for hydroxylation is 1. The van der Waals surface area contributed by atoms with Crippen LogP contribution in [0, 0.1) is 12.8 Å². The lowest BCUT2D eigenvalue weighted by Gasteiger charge is -1.98. The van der Waals surface area contributed by atoms with Crippen molar-refractivity contribution in [3.05, 3.63) is 23.7 Å². The highest BCUT2D eigenvalue weighted by molar-refractivity contribution is 5.80. The summed E-state index contributed by atoms with van der Waals surface area (Å²) in [6.07, 6.45) is 1.35. The number of furan rings is 1. The Labute approximate surface area is 91.4 Å². The van der Waals surface area contributed by atoms with Gasteiger partial charge in [-0.15, -0.1) is 0 Å². The van der Waals surface area contributed by atoms with Crippen LogP contribution in [0.4, 0.5) is 8.78 Å². The van der Waals surface area contributed by atoms with Crippen LogP contribution >= 0.6 is 0 Å². The fraction of sp³-hybridized carbons (Fsp3) is 0.545. The molecule has 0 aliphatic heterocycles. The molecular weight excluding hydrogens is 218 g/mol. The van der Waals surface area contributed by atoms with Crippen molar-refractivity contribution in [3.63, 3.8) is 0 Å². The topological polar surface area (TPSA) is 39.4 Å². The van der Waals surface area contributed by atoms with E-state index in [1.165, 1.54) is 6.26 Å². The minimum atomic E-state index is -3.05.